The lowest BCUT2D eigenvalue weighted by atomic mass is 10.1. The summed E-state index contributed by atoms with van der Waals surface area (Å²) in [6.07, 6.45) is -3.23. The number of ketones is 1. The SMILES string of the molecule is CC(C)=O.O=[N+]([O-])c1ccn(Cc2ccc(Cl)c(C(F)(F)F)c2)n1. The summed E-state index contributed by atoms with van der Waals surface area (Å²) in [7, 11) is 0. The molecule has 0 saturated carbocycles. The minimum Gasteiger partial charge on any atom is -0.358 e. The number of nitro groups is 1. The van der Waals surface area contributed by atoms with Gasteiger partial charge in [-0.15, -0.1) is 0 Å². The number of benzene rings is 1. The number of hydrogen-bond acceptors (Lipinski definition) is 4. The quantitative estimate of drug-likeness (QED) is 0.607. The van der Waals surface area contributed by atoms with Gasteiger partial charge in [0.1, 0.15) is 5.78 Å². The number of rotatable bonds is 3. The highest BCUT2D eigenvalue weighted by molar-refractivity contribution is 6.31. The van der Waals surface area contributed by atoms with E-state index in [1.54, 1.807) is 0 Å². The molecule has 0 radical (unpaired) electrons. The molecule has 0 spiro atoms. The lowest BCUT2D eigenvalue weighted by Crippen LogP contribution is -2.08. The number of nitrogens with zero attached hydrogens (tertiary/aromatic N) is 3. The molecule has 0 N–H and O–H groups in total. The predicted octanol–water partition coefficient (Wildman–Crippen LogP) is 4.11. The van der Waals surface area contributed by atoms with Gasteiger partial charge in [-0.2, -0.15) is 17.9 Å². The number of hydrogen-bond donors (Lipinski definition) is 0. The first-order valence-corrected chi connectivity index (χ1v) is 6.89. The molecule has 2 rings (SSSR count). The van der Waals surface area contributed by atoms with Crippen LogP contribution in [0.5, 0.6) is 0 Å². The monoisotopic (exact) mass is 363 g/mol. The molecule has 0 aliphatic rings. The van der Waals surface area contributed by atoms with Gasteiger partial charge in [0, 0.05) is 0 Å². The van der Waals surface area contributed by atoms with E-state index in [0.717, 1.165) is 12.1 Å². The minimum atomic E-state index is -4.55. The van der Waals surface area contributed by atoms with Crippen molar-refractivity contribution in [3.8, 4) is 0 Å². The Bertz CT molecular complexity index is 740. The smallest absolute Gasteiger partial charge is 0.358 e. The normalized spacial score (nSPS) is 10.8. The van der Waals surface area contributed by atoms with Crippen molar-refractivity contribution in [2.75, 3.05) is 0 Å². The largest absolute Gasteiger partial charge is 0.417 e. The molecule has 0 fully saturated rings. The van der Waals surface area contributed by atoms with E-state index in [0.29, 0.717) is 5.56 Å². The molecule has 10 heteroatoms. The lowest BCUT2D eigenvalue weighted by Gasteiger charge is -2.10. The maximum Gasteiger partial charge on any atom is 0.417 e. The van der Waals surface area contributed by atoms with E-state index < -0.39 is 21.7 Å². The van der Waals surface area contributed by atoms with Crippen molar-refractivity contribution >= 4 is 23.2 Å². The standard InChI is InChI=1S/C11H7ClF3N3O2.C3H6O/c12-9-2-1-7(5-8(9)11(13,14)15)6-17-4-3-10(16-17)18(19)20;1-3(2)4/h1-5H,6H2;1-2H3. The maximum atomic E-state index is 12.7. The Kier molecular flexibility index (Phi) is 6.47. The van der Waals surface area contributed by atoms with Crippen LogP contribution in [0.3, 0.4) is 0 Å². The van der Waals surface area contributed by atoms with Gasteiger partial charge in [0.25, 0.3) is 0 Å². The van der Waals surface area contributed by atoms with Crippen LogP contribution in [0.1, 0.15) is 25.0 Å². The van der Waals surface area contributed by atoms with Crippen molar-refractivity contribution in [3.05, 3.63) is 56.7 Å². The molecule has 2 aromatic rings. The van der Waals surface area contributed by atoms with Crippen molar-refractivity contribution in [2.24, 2.45) is 0 Å². The fourth-order valence-corrected chi connectivity index (χ4v) is 1.84. The molecule has 0 amide bonds. The molecule has 1 heterocycles. The van der Waals surface area contributed by atoms with Crippen LogP contribution in [0, 0.1) is 10.1 Å². The highest BCUT2D eigenvalue weighted by atomic mass is 35.5. The first kappa shape index (κ1) is 19.6. The topological polar surface area (TPSA) is 78.0 Å². The van der Waals surface area contributed by atoms with Crippen LogP contribution in [-0.2, 0) is 17.5 Å². The summed E-state index contributed by atoms with van der Waals surface area (Å²) in [5.41, 5.74) is -0.655. The van der Waals surface area contributed by atoms with E-state index >= 15 is 0 Å². The van der Waals surface area contributed by atoms with Crippen LogP contribution in [0.15, 0.2) is 30.5 Å². The Morgan fingerprint density at radius 1 is 1.33 bits per heavy atom. The Balaban J connectivity index is 0.000000648. The molecule has 0 saturated heterocycles. The van der Waals surface area contributed by atoms with E-state index in [1.807, 2.05) is 0 Å². The van der Waals surface area contributed by atoms with Crippen molar-refractivity contribution in [1.82, 2.24) is 9.78 Å². The summed E-state index contributed by atoms with van der Waals surface area (Å²) in [4.78, 5) is 19.2. The Morgan fingerprint density at radius 3 is 2.38 bits per heavy atom. The van der Waals surface area contributed by atoms with Crippen molar-refractivity contribution < 1.29 is 22.9 Å². The van der Waals surface area contributed by atoms with Gasteiger partial charge in [0.2, 0.25) is 0 Å². The minimum absolute atomic E-state index is 0.0198. The van der Waals surface area contributed by atoms with Crippen LogP contribution in [0.2, 0.25) is 5.02 Å². The van der Waals surface area contributed by atoms with Gasteiger partial charge >= 0.3 is 12.0 Å². The Morgan fingerprint density at radius 2 is 1.92 bits per heavy atom. The number of alkyl halides is 3. The third kappa shape index (κ3) is 5.99. The lowest BCUT2D eigenvalue weighted by molar-refractivity contribution is -0.389. The highest BCUT2D eigenvalue weighted by Gasteiger charge is 2.33. The van der Waals surface area contributed by atoms with E-state index in [-0.39, 0.29) is 18.1 Å². The van der Waals surface area contributed by atoms with Gasteiger partial charge < -0.3 is 14.9 Å². The summed E-state index contributed by atoms with van der Waals surface area (Å²) >= 11 is 5.50. The van der Waals surface area contributed by atoms with Gasteiger partial charge in [0.15, 0.2) is 0 Å². The third-order valence-electron chi connectivity index (χ3n) is 2.49. The van der Waals surface area contributed by atoms with Crippen LogP contribution in [0.4, 0.5) is 19.0 Å². The van der Waals surface area contributed by atoms with E-state index in [4.69, 9.17) is 11.6 Å². The number of aromatic nitrogens is 2. The molecule has 0 aliphatic heterocycles. The zero-order chi connectivity index (χ0) is 18.5. The number of halogens is 4. The molecular weight excluding hydrogens is 351 g/mol. The van der Waals surface area contributed by atoms with Gasteiger partial charge in [-0.3, -0.25) is 0 Å². The van der Waals surface area contributed by atoms with Crippen molar-refractivity contribution in [2.45, 2.75) is 26.6 Å². The molecule has 1 aromatic carbocycles. The molecule has 1 aromatic heterocycles. The summed E-state index contributed by atoms with van der Waals surface area (Å²) in [5.74, 6) is -0.199. The average molecular weight is 364 g/mol. The zero-order valence-corrected chi connectivity index (χ0v) is 13.4. The second kappa shape index (κ2) is 7.91. The van der Waals surface area contributed by atoms with Gasteiger partial charge in [-0.25, -0.2) is 0 Å². The second-order valence-electron chi connectivity index (χ2n) is 4.85. The van der Waals surface area contributed by atoms with Gasteiger partial charge in [0.05, 0.1) is 34.5 Å². The first-order valence-electron chi connectivity index (χ1n) is 6.51. The molecule has 0 unspecified atom stereocenters. The van der Waals surface area contributed by atoms with Crippen LogP contribution in [0.25, 0.3) is 0 Å². The fourth-order valence-electron chi connectivity index (χ4n) is 1.61. The third-order valence-corrected chi connectivity index (χ3v) is 2.82. The van der Waals surface area contributed by atoms with Gasteiger partial charge in [-0.05, 0) is 36.5 Å². The molecule has 0 aliphatic carbocycles. The van der Waals surface area contributed by atoms with E-state index in [1.165, 1.54) is 36.9 Å². The van der Waals surface area contributed by atoms with Crippen LogP contribution < -0.4 is 0 Å². The zero-order valence-electron chi connectivity index (χ0n) is 12.7. The summed E-state index contributed by atoms with van der Waals surface area (Å²) < 4.78 is 39.2. The summed E-state index contributed by atoms with van der Waals surface area (Å²) in [6.45, 7) is 3.04. The first-order chi connectivity index (χ1) is 11.0. The van der Waals surface area contributed by atoms with Crippen LogP contribution >= 0.6 is 11.6 Å². The van der Waals surface area contributed by atoms with E-state index in [2.05, 4.69) is 5.10 Å². The van der Waals surface area contributed by atoms with Gasteiger partial charge in [-0.1, -0.05) is 17.7 Å². The average Bonchev–Trinajstić information content (AvgIpc) is 2.88. The highest BCUT2D eigenvalue weighted by Crippen LogP contribution is 2.35. The fraction of sp³-hybridized carbons (Fsp3) is 0.286. The predicted molar refractivity (Wildman–Crippen MR) is 80.8 cm³/mol. The summed E-state index contributed by atoms with van der Waals surface area (Å²) in [5, 5.41) is 13.7. The number of carbonyl (C=O) groups excluding carboxylic acids is 1. The molecule has 24 heavy (non-hydrogen) atoms. The molecule has 0 bridgehead atoms. The second-order valence-corrected chi connectivity index (χ2v) is 5.26. The van der Waals surface area contributed by atoms with Crippen LogP contribution in [-0.4, -0.2) is 20.5 Å². The van der Waals surface area contributed by atoms with Crippen molar-refractivity contribution in [3.63, 3.8) is 0 Å². The molecule has 6 nitrogen and oxygen atoms in total. The number of Topliss-reactive ketones (excluding diaryl/α,β-unsaturated/α-hetero) is 1. The molecule has 0 atom stereocenters. The summed E-state index contributed by atoms with van der Waals surface area (Å²) in [6, 6.07) is 4.61. The number of carbonyl (C=O) groups is 1. The van der Waals surface area contributed by atoms with Crippen molar-refractivity contribution in [1.29, 1.82) is 0 Å². The van der Waals surface area contributed by atoms with E-state index in [9.17, 15) is 28.1 Å². The molecular formula is C14H13ClF3N3O3. The Labute approximate surface area is 140 Å². The maximum absolute atomic E-state index is 12.7. The Hall–Kier alpha value is -2.42. The molecule has 130 valence electrons.